The van der Waals surface area contributed by atoms with E-state index in [0.717, 1.165) is 74.4 Å². The Hall–Kier alpha value is -1.66. The number of hydrogen-bond acceptors (Lipinski definition) is 4. The molecule has 0 spiro atoms. The van der Waals surface area contributed by atoms with Gasteiger partial charge in [0, 0.05) is 53.6 Å². The summed E-state index contributed by atoms with van der Waals surface area (Å²) in [5.74, 6) is 1.69. The number of halogens is 1. The van der Waals surface area contributed by atoms with Crippen LogP contribution in [0.2, 0.25) is 0 Å². The molecule has 2 atom stereocenters. The van der Waals surface area contributed by atoms with E-state index in [2.05, 4.69) is 27.4 Å². The molecule has 2 aliphatic carbocycles. The second-order valence-corrected chi connectivity index (χ2v) is 11.2. The summed E-state index contributed by atoms with van der Waals surface area (Å²) in [5.41, 5.74) is 1.24. The third-order valence-electron chi connectivity index (χ3n) is 8.06. The normalized spacial score (nSPS) is 29.5. The molecule has 2 saturated carbocycles. The van der Waals surface area contributed by atoms with Crippen LogP contribution in [0.5, 0.6) is 0 Å². The summed E-state index contributed by atoms with van der Waals surface area (Å²) in [4.78, 5) is 17.9. The SMILES string of the molecule is C[C@H]1CC[C@@H](NC(=O)[C@@H]2CC[C@H]2CN2CCCN(c3csc4cc(F)ccc34)CC2)CC1. The molecule has 2 aromatic rings. The van der Waals surface area contributed by atoms with Crippen molar-refractivity contribution >= 4 is 33.0 Å². The van der Waals surface area contributed by atoms with E-state index in [9.17, 15) is 9.18 Å². The number of benzene rings is 1. The van der Waals surface area contributed by atoms with E-state index in [1.807, 2.05) is 6.07 Å². The molecular weight excluding hydrogens is 421 g/mol. The van der Waals surface area contributed by atoms with Crippen molar-refractivity contribution < 1.29 is 9.18 Å². The van der Waals surface area contributed by atoms with Crippen molar-refractivity contribution in [1.82, 2.24) is 10.2 Å². The van der Waals surface area contributed by atoms with Crippen LogP contribution in [-0.2, 0) is 4.79 Å². The molecule has 1 aromatic carbocycles. The number of hydrogen-bond donors (Lipinski definition) is 1. The summed E-state index contributed by atoms with van der Waals surface area (Å²) in [5, 5.41) is 6.72. The zero-order valence-corrected chi connectivity index (χ0v) is 20.0. The number of fused-ring (bicyclic) bond motifs is 1. The molecule has 32 heavy (non-hydrogen) atoms. The van der Waals surface area contributed by atoms with E-state index < -0.39 is 0 Å². The van der Waals surface area contributed by atoms with Crippen molar-refractivity contribution in [2.24, 2.45) is 17.8 Å². The number of nitrogens with one attached hydrogen (secondary N) is 1. The second kappa shape index (κ2) is 9.68. The van der Waals surface area contributed by atoms with Crippen molar-refractivity contribution in [3.05, 3.63) is 29.4 Å². The summed E-state index contributed by atoms with van der Waals surface area (Å²) in [6.07, 6.45) is 8.15. The van der Waals surface area contributed by atoms with Gasteiger partial charge in [0.1, 0.15) is 5.82 Å². The number of anilines is 1. The molecule has 1 saturated heterocycles. The first-order valence-corrected chi connectivity index (χ1v) is 13.4. The first-order valence-electron chi connectivity index (χ1n) is 12.5. The molecule has 1 aliphatic heterocycles. The molecule has 174 valence electrons. The van der Waals surface area contributed by atoms with Crippen LogP contribution in [0.1, 0.15) is 51.9 Å². The first kappa shape index (κ1) is 22.1. The molecular formula is C26H36FN3OS. The van der Waals surface area contributed by atoms with E-state index in [4.69, 9.17) is 0 Å². The molecule has 0 unspecified atom stereocenters. The van der Waals surface area contributed by atoms with Crippen LogP contribution >= 0.6 is 11.3 Å². The van der Waals surface area contributed by atoms with Gasteiger partial charge in [-0.05, 0) is 81.5 Å². The summed E-state index contributed by atoms with van der Waals surface area (Å²) in [6.45, 7) is 7.52. The smallest absolute Gasteiger partial charge is 0.223 e. The second-order valence-electron chi connectivity index (χ2n) is 10.3. The molecule has 4 nitrogen and oxygen atoms in total. The first-order chi connectivity index (χ1) is 15.6. The highest BCUT2D eigenvalue weighted by Gasteiger charge is 2.38. The highest BCUT2D eigenvalue weighted by atomic mass is 32.1. The third-order valence-corrected chi connectivity index (χ3v) is 8.99. The number of thiophene rings is 1. The predicted octanol–water partition coefficient (Wildman–Crippen LogP) is 5.27. The Morgan fingerprint density at radius 2 is 1.94 bits per heavy atom. The third kappa shape index (κ3) is 4.81. The molecule has 1 N–H and O–H groups in total. The fraction of sp³-hybridized carbons (Fsp3) is 0.654. The van der Waals surface area contributed by atoms with Crippen molar-refractivity contribution in [3.63, 3.8) is 0 Å². The van der Waals surface area contributed by atoms with Crippen molar-refractivity contribution in [2.75, 3.05) is 37.6 Å². The van der Waals surface area contributed by atoms with Crippen LogP contribution in [-0.4, -0.2) is 49.6 Å². The van der Waals surface area contributed by atoms with Crippen LogP contribution in [0, 0.1) is 23.6 Å². The Morgan fingerprint density at radius 3 is 2.72 bits per heavy atom. The van der Waals surface area contributed by atoms with Gasteiger partial charge in [0.25, 0.3) is 0 Å². The number of carbonyl (C=O) groups excluding carboxylic acids is 1. The van der Waals surface area contributed by atoms with Gasteiger partial charge in [0.2, 0.25) is 5.91 Å². The number of amides is 1. The Kier molecular flexibility index (Phi) is 6.70. The van der Waals surface area contributed by atoms with E-state index in [0.29, 0.717) is 17.9 Å². The van der Waals surface area contributed by atoms with Crippen molar-refractivity contribution in [1.29, 1.82) is 0 Å². The average Bonchev–Trinajstić information content (AvgIpc) is 3.02. The Labute approximate surface area is 195 Å². The minimum Gasteiger partial charge on any atom is -0.369 e. The van der Waals surface area contributed by atoms with E-state index >= 15 is 0 Å². The molecule has 3 aliphatic rings. The summed E-state index contributed by atoms with van der Waals surface area (Å²) in [6, 6.07) is 5.53. The van der Waals surface area contributed by atoms with Crippen LogP contribution in [0.15, 0.2) is 23.6 Å². The standard InChI is InChI=1S/C26H36FN3OS/c1-18-3-7-21(8-4-18)28-26(31)22-9-5-19(22)16-29-11-2-12-30(14-13-29)24-17-32-25-15-20(27)6-10-23(24)25/h6,10,15,17-19,21-22H,2-5,7-9,11-14,16H2,1H3,(H,28,31)/t18-,19-,21+,22+/m0/s1. The van der Waals surface area contributed by atoms with Gasteiger partial charge in [0.15, 0.2) is 0 Å². The number of rotatable bonds is 5. The van der Waals surface area contributed by atoms with Crippen molar-refractivity contribution in [3.8, 4) is 0 Å². The molecule has 6 heteroatoms. The molecule has 0 bridgehead atoms. The maximum atomic E-state index is 13.6. The lowest BCUT2D eigenvalue weighted by Gasteiger charge is -2.40. The van der Waals surface area contributed by atoms with Crippen LogP contribution < -0.4 is 10.2 Å². The van der Waals surface area contributed by atoms with E-state index in [1.54, 1.807) is 23.5 Å². The van der Waals surface area contributed by atoms with Gasteiger partial charge in [-0.2, -0.15) is 0 Å². The Balaban J connectivity index is 1.13. The van der Waals surface area contributed by atoms with Crippen molar-refractivity contribution in [2.45, 2.75) is 57.9 Å². The highest BCUT2D eigenvalue weighted by Crippen LogP contribution is 2.37. The minimum absolute atomic E-state index is 0.162. The van der Waals surface area contributed by atoms with Gasteiger partial charge in [-0.15, -0.1) is 11.3 Å². The number of carbonyl (C=O) groups is 1. The molecule has 1 aromatic heterocycles. The van der Waals surface area contributed by atoms with Gasteiger partial charge in [0.05, 0.1) is 5.69 Å². The fourth-order valence-electron chi connectivity index (χ4n) is 5.80. The Morgan fingerprint density at radius 1 is 1.09 bits per heavy atom. The van der Waals surface area contributed by atoms with Crippen LogP contribution in [0.3, 0.4) is 0 Å². The molecule has 3 fully saturated rings. The monoisotopic (exact) mass is 457 g/mol. The van der Waals surface area contributed by atoms with Gasteiger partial charge in [-0.3, -0.25) is 4.79 Å². The van der Waals surface area contributed by atoms with E-state index in [1.165, 1.54) is 24.9 Å². The molecule has 5 rings (SSSR count). The van der Waals surface area contributed by atoms with Gasteiger partial charge in [-0.25, -0.2) is 4.39 Å². The number of nitrogens with zero attached hydrogens (tertiary/aromatic N) is 2. The maximum Gasteiger partial charge on any atom is 0.223 e. The lowest BCUT2D eigenvalue weighted by molar-refractivity contribution is -0.131. The lowest BCUT2D eigenvalue weighted by Crippen LogP contribution is -2.49. The Bertz CT molecular complexity index is 938. The van der Waals surface area contributed by atoms with Gasteiger partial charge < -0.3 is 15.1 Å². The molecule has 1 amide bonds. The fourth-order valence-corrected chi connectivity index (χ4v) is 6.80. The highest BCUT2D eigenvalue weighted by molar-refractivity contribution is 7.17. The quantitative estimate of drug-likeness (QED) is 0.664. The van der Waals surface area contributed by atoms with E-state index in [-0.39, 0.29) is 11.7 Å². The lowest BCUT2D eigenvalue weighted by atomic mass is 9.72. The maximum absolute atomic E-state index is 13.6. The average molecular weight is 458 g/mol. The summed E-state index contributed by atoms with van der Waals surface area (Å²) < 4.78 is 14.6. The predicted molar refractivity (Wildman–Crippen MR) is 131 cm³/mol. The topological polar surface area (TPSA) is 35.6 Å². The summed E-state index contributed by atoms with van der Waals surface area (Å²) >= 11 is 1.63. The zero-order chi connectivity index (χ0) is 22.1. The van der Waals surface area contributed by atoms with Gasteiger partial charge in [-0.1, -0.05) is 6.92 Å². The summed E-state index contributed by atoms with van der Waals surface area (Å²) in [7, 11) is 0. The minimum atomic E-state index is -0.162. The van der Waals surface area contributed by atoms with Gasteiger partial charge >= 0.3 is 0 Å². The van der Waals surface area contributed by atoms with Crippen LogP contribution in [0.4, 0.5) is 10.1 Å². The largest absolute Gasteiger partial charge is 0.369 e. The molecule has 2 heterocycles. The molecule has 0 radical (unpaired) electrons. The van der Waals surface area contributed by atoms with Crippen LogP contribution in [0.25, 0.3) is 10.1 Å². The zero-order valence-electron chi connectivity index (χ0n) is 19.2.